The second kappa shape index (κ2) is 5.16. The highest BCUT2D eigenvalue weighted by atomic mass is 32.2. The third-order valence-corrected chi connectivity index (χ3v) is 3.37. The molecule has 0 atom stereocenters. The molecule has 1 amide bonds. The minimum Gasteiger partial charge on any atom is -0.342 e. The number of likely N-dealkylation sites (tertiary alicyclic amines) is 1. The van der Waals surface area contributed by atoms with Gasteiger partial charge in [-0.3, -0.25) is 4.79 Å². The normalized spacial score (nSPS) is 15.6. The Morgan fingerprint density at radius 1 is 1.40 bits per heavy atom. The number of carbonyl (C=O) groups is 1. The Morgan fingerprint density at radius 3 is 2.87 bits per heavy atom. The summed E-state index contributed by atoms with van der Waals surface area (Å²) in [6, 6.07) is 5.75. The zero-order valence-electron chi connectivity index (χ0n) is 8.56. The lowest BCUT2D eigenvalue weighted by molar-refractivity contribution is -0.127. The molecule has 1 aliphatic heterocycles. The van der Waals surface area contributed by atoms with E-state index in [1.54, 1.807) is 6.20 Å². The van der Waals surface area contributed by atoms with E-state index in [9.17, 15) is 4.79 Å². The van der Waals surface area contributed by atoms with E-state index in [1.807, 2.05) is 23.1 Å². The maximum absolute atomic E-state index is 11.7. The summed E-state index contributed by atoms with van der Waals surface area (Å²) < 4.78 is 0. The molecule has 2 heterocycles. The van der Waals surface area contributed by atoms with Crippen LogP contribution in [0.15, 0.2) is 29.4 Å². The van der Waals surface area contributed by atoms with Crippen LogP contribution in [0.3, 0.4) is 0 Å². The molecular weight excluding hydrogens is 208 g/mol. The SMILES string of the molecule is O=C(CSc1ccccn1)N1CCCC1. The Balaban J connectivity index is 1.80. The summed E-state index contributed by atoms with van der Waals surface area (Å²) in [5, 5.41) is 0.921. The molecule has 1 aromatic heterocycles. The molecule has 15 heavy (non-hydrogen) atoms. The van der Waals surface area contributed by atoms with Gasteiger partial charge in [0.15, 0.2) is 0 Å². The van der Waals surface area contributed by atoms with Crippen molar-refractivity contribution in [2.45, 2.75) is 17.9 Å². The van der Waals surface area contributed by atoms with Gasteiger partial charge in [-0.25, -0.2) is 4.98 Å². The fraction of sp³-hybridized carbons (Fsp3) is 0.455. The first-order valence-corrected chi connectivity index (χ1v) is 6.16. The largest absolute Gasteiger partial charge is 0.342 e. The van der Waals surface area contributed by atoms with Gasteiger partial charge < -0.3 is 4.90 Å². The minimum absolute atomic E-state index is 0.239. The summed E-state index contributed by atoms with van der Waals surface area (Å²) >= 11 is 1.51. The molecule has 0 aromatic carbocycles. The Morgan fingerprint density at radius 2 is 2.20 bits per heavy atom. The molecule has 0 saturated carbocycles. The Labute approximate surface area is 93.9 Å². The zero-order chi connectivity index (χ0) is 10.5. The average Bonchev–Trinajstić information content (AvgIpc) is 2.81. The third-order valence-electron chi connectivity index (χ3n) is 2.44. The molecule has 0 aliphatic carbocycles. The number of nitrogens with zero attached hydrogens (tertiary/aromatic N) is 2. The van der Waals surface area contributed by atoms with Gasteiger partial charge in [0.2, 0.25) is 5.91 Å². The number of rotatable bonds is 3. The van der Waals surface area contributed by atoms with Crippen LogP contribution in [0.2, 0.25) is 0 Å². The molecule has 4 heteroatoms. The standard InChI is InChI=1S/C11H14N2OS/c14-11(13-7-3-4-8-13)9-15-10-5-1-2-6-12-10/h1-2,5-6H,3-4,7-9H2. The number of aromatic nitrogens is 1. The van der Waals surface area contributed by atoms with Gasteiger partial charge in [0.1, 0.15) is 0 Å². The van der Waals surface area contributed by atoms with E-state index in [0.29, 0.717) is 5.75 Å². The third kappa shape index (κ3) is 2.96. The number of hydrogen-bond donors (Lipinski definition) is 0. The number of pyridine rings is 1. The van der Waals surface area contributed by atoms with Crippen LogP contribution in [0.25, 0.3) is 0 Å². The molecule has 1 aromatic rings. The van der Waals surface area contributed by atoms with Crippen molar-refractivity contribution in [2.24, 2.45) is 0 Å². The quantitative estimate of drug-likeness (QED) is 0.731. The summed E-state index contributed by atoms with van der Waals surface area (Å²) in [5.41, 5.74) is 0. The maximum Gasteiger partial charge on any atom is 0.232 e. The second-order valence-corrected chi connectivity index (χ2v) is 4.54. The predicted molar refractivity (Wildman–Crippen MR) is 60.8 cm³/mol. The van der Waals surface area contributed by atoms with Crippen molar-refractivity contribution in [1.82, 2.24) is 9.88 Å². The lowest BCUT2D eigenvalue weighted by Gasteiger charge is -2.14. The summed E-state index contributed by atoms with van der Waals surface area (Å²) in [6.45, 7) is 1.86. The van der Waals surface area contributed by atoms with E-state index in [2.05, 4.69) is 4.98 Å². The van der Waals surface area contributed by atoms with E-state index >= 15 is 0 Å². The van der Waals surface area contributed by atoms with E-state index < -0.39 is 0 Å². The predicted octanol–water partition coefficient (Wildman–Crippen LogP) is 1.80. The van der Waals surface area contributed by atoms with Gasteiger partial charge in [0.05, 0.1) is 10.8 Å². The molecule has 0 radical (unpaired) electrons. The molecule has 1 fully saturated rings. The average molecular weight is 222 g/mol. The molecule has 0 bridgehead atoms. The number of amides is 1. The van der Waals surface area contributed by atoms with Gasteiger partial charge in [-0.1, -0.05) is 17.8 Å². The van der Waals surface area contributed by atoms with Gasteiger partial charge in [-0.15, -0.1) is 0 Å². The molecule has 0 N–H and O–H groups in total. The first kappa shape index (κ1) is 10.5. The second-order valence-electron chi connectivity index (χ2n) is 3.54. The van der Waals surface area contributed by atoms with Crippen LogP contribution in [0, 0.1) is 0 Å². The highest BCUT2D eigenvalue weighted by Gasteiger charge is 2.17. The lowest BCUT2D eigenvalue weighted by Crippen LogP contribution is -2.29. The smallest absolute Gasteiger partial charge is 0.232 e. The summed E-state index contributed by atoms with van der Waals surface area (Å²) in [6.07, 6.45) is 4.06. The zero-order valence-corrected chi connectivity index (χ0v) is 9.37. The monoisotopic (exact) mass is 222 g/mol. The van der Waals surface area contributed by atoms with Crippen molar-refractivity contribution in [1.29, 1.82) is 0 Å². The molecule has 1 aliphatic rings. The fourth-order valence-electron chi connectivity index (χ4n) is 1.63. The lowest BCUT2D eigenvalue weighted by atomic mass is 10.4. The highest BCUT2D eigenvalue weighted by molar-refractivity contribution is 7.99. The van der Waals surface area contributed by atoms with Crippen molar-refractivity contribution >= 4 is 17.7 Å². The molecule has 1 saturated heterocycles. The first-order valence-electron chi connectivity index (χ1n) is 5.18. The fourth-order valence-corrected chi connectivity index (χ4v) is 2.39. The molecule has 2 rings (SSSR count). The van der Waals surface area contributed by atoms with Gasteiger partial charge >= 0.3 is 0 Å². The van der Waals surface area contributed by atoms with Gasteiger partial charge in [0.25, 0.3) is 0 Å². The van der Waals surface area contributed by atoms with E-state index in [4.69, 9.17) is 0 Å². The van der Waals surface area contributed by atoms with E-state index in [-0.39, 0.29) is 5.91 Å². The minimum atomic E-state index is 0.239. The first-order chi connectivity index (χ1) is 7.36. The molecular formula is C11H14N2OS. The topological polar surface area (TPSA) is 33.2 Å². The van der Waals surface area contributed by atoms with Crippen LogP contribution >= 0.6 is 11.8 Å². The molecule has 80 valence electrons. The molecule has 0 unspecified atom stereocenters. The Bertz CT molecular complexity index is 323. The van der Waals surface area contributed by atoms with Gasteiger partial charge in [0, 0.05) is 19.3 Å². The number of thioether (sulfide) groups is 1. The Kier molecular flexibility index (Phi) is 3.61. The summed E-state index contributed by atoms with van der Waals surface area (Å²) in [7, 11) is 0. The maximum atomic E-state index is 11.7. The van der Waals surface area contributed by atoms with Crippen LogP contribution in [0.4, 0.5) is 0 Å². The van der Waals surface area contributed by atoms with Crippen LogP contribution in [0.5, 0.6) is 0 Å². The summed E-state index contributed by atoms with van der Waals surface area (Å²) in [4.78, 5) is 17.8. The van der Waals surface area contributed by atoms with E-state index in [0.717, 1.165) is 31.0 Å². The Hall–Kier alpha value is -1.03. The van der Waals surface area contributed by atoms with Gasteiger partial charge in [-0.2, -0.15) is 0 Å². The number of carbonyl (C=O) groups excluding carboxylic acids is 1. The molecule has 0 spiro atoms. The van der Waals surface area contributed by atoms with Crippen molar-refractivity contribution in [3.63, 3.8) is 0 Å². The van der Waals surface area contributed by atoms with Crippen LogP contribution in [-0.4, -0.2) is 34.6 Å². The van der Waals surface area contributed by atoms with Gasteiger partial charge in [-0.05, 0) is 25.0 Å². The number of hydrogen-bond acceptors (Lipinski definition) is 3. The van der Waals surface area contributed by atoms with Crippen molar-refractivity contribution in [3.8, 4) is 0 Å². The molecule has 3 nitrogen and oxygen atoms in total. The highest BCUT2D eigenvalue weighted by Crippen LogP contribution is 2.16. The summed E-state index contributed by atoms with van der Waals surface area (Å²) in [5.74, 6) is 0.750. The van der Waals surface area contributed by atoms with Crippen LogP contribution in [-0.2, 0) is 4.79 Å². The van der Waals surface area contributed by atoms with Crippen molar-refractivity contribution in [3.05, 3.63) is 24.4 Å². The van der Waals surface area contributed by atoms with E-state index in [1.165, 1.54) is 11.8 Å². The van der Waals surface area contributed by atoms with Crippen molar-refractivity contribution in [2.75, 3.05) is 18.8 Å². The van der Waals surface area contributed by atoms with Crippen LogP contribution in [0.1, 0.15) is 12.8 Å². The van der Waals surface area contributed by atoms with Crippen LogP contribution < -0.4 is 0 Å². The van der Waals surface area contributed by atoms with Crippen molar-refractivity contribution < 1.29 is 4.79 Å².